The normalized spacial score (nSPS) is 9.20. The van der Waals surface area contributed by atoms with Gasteiger partial charge in [0.2, 0.25) is 0 Å². The first-order chi connectivity index (χ1) is 4.66. The summed E-state index contributed by atoms with van der Waals surface area (Å²) in [7, 11) is 0. The second-order valence-electron chi connectivity index (χ2n) is 1.94. The van der Waals surface area contributed by atoms with Crippen LogP contribution >= 0.6 is 11.3 Å². The van der Waals surface area contributed by atoms with E-state index in [1.807, 2.05) is 6.07 Å². The molecule has 0 amide bonds. The van der Waals surface area contributed by atoms with Crippen molar-refractivity contribution in [2.24, 2.45) is 0 Å². The van der Waals surface area contributed by atoms with Crippen LogP contribution in [0.4, 0.5) is 10.0 Å². The van der Waals surface area contributed by atoms with Gasteiger partial charge in [-0.05, 0) is 6.92 Å². The van der Waals surface area contributed by atoms with Gasteiger partial charge in [-0.3, -0.25) is 0 Å². The first kappa shape index (κ1) is 6.90. The molecule has 3 nitrogen and oxygen atoms in total. The van der Waals surface area contributed by atoms with Crippen LogP contribution in [0.5, 0.6) is 0 Å². The number of nitrogen functional groups attached to an aromatic ring is 2. The fourth-order valence-corrected chi connectivity index (χ4v) is 1.49. The highest BCUT2D eigenvalue weighted by atomic mass is 32.1. The van der Waals surface area contributed by atoms with E-state index in [1.54, 1.807) is 6.92 Å². The quantitative estimate of drug-likeness (QED) is 0.585. The zero-order valence-corrected chi connectivity index (χ0v) is 6.33. The Balaban J connectivity index is 3.37. The molecular formula is C6H7N3S. The second kappa shape index (κ2) is 2.20. The summed E-state index contributed by atoms with van der Waals surface area (Å²) >= 11 is 1.25. The molecule has 0 spiro atoms. The number of nitrogens with two attached hydrogens (primary N) is 2. The van der Waals surface area contributed by atoms with E-state index >= 15 is 0 Å². The van der Waals surface area contributed by atoms with E-state index in [9.17, 15) is 0 Å². The lowest BCUT2D eigenvalue weighted by molar-refractivity contribution is 1.45. The minimum atomic E-state index is 0.512. The molecule has 0 fully saturated rings. The maximum absolute atomic E-state index is 8.53. The number of thiophene rings is 1. The molecule has 4 N–H and O–H groups in total. The summed E-state index contributed by atoms with van der Waals surface area (Å²) in [6, 6.07) is 1.99. The highest BCUT2D eigenvalue weighted by molar-refractivity contribution is 7.20. The van der Waals surface area contributed by atoms with E-state index in [1.165, 1.54) is 11.3 Å². The summed E-state index contributed by atoms with van der Waals surface area (Å²) in [6.45, 7) is 1.79. The minimum Gasteiger partial charge on any atom is -0.390 e. The first-order valence-corrected chi connectivity index (χ1v) is 3.53. The van der Waals surface area contributed by atoms with Gasteiger partial charge in [-0.15, -0.1) is 11.3 Å². The Morgan fingerprint density at radius 2 is 2.00 bits per heavy atom. The van der Waals surface area contributed by atoms with Gasteiger partial charge in [-0.2, -0.15) is 5.26 Å². The van der Waals surface area contributed by atoms with Crippen LogP contribution in [0.1, 0.15) is 11.1 Å². The minimum absolute atomic E-state index is 0.512. The topological polar surface area (TPSA) is 75.8 Å². The molecule has 1 aromatic rings. The molecule has 4 heteroatoms. The average Bonchev–Trinajstić information content (AvgIpc) is 2.09. The Bertz CT molecular complexity index is 295. The lowest BCUT2D eigenvalue weighted by Gasteiger charge is -1.85. The molecule has 1 rings (SSSR count). The van der Waals surface area contributed by atoms with Gasteiger partial charge < -0.3 is 11.5 Å². The summed E-state index contributed by atoms with van der Waals surface area (Å²) in [6.07, 6.45) is 0. The van der Waals surface area contributed by atoms with Crippen LogP contribution in [0.15, 0.2) is 0 Å². The van der Waals surface area contributed by atoms with E-state index in [4.69, 9.17) is 16.7 Å². The zero-order chi connectivity index (χ0) is 7.72. The average molecular weight is 153 g/mol. The highest BCUT2D eigenvalue weighted by Gasteiger charge is 2.08. The molecule has 0 aromatic carbocycles. The van der Waals surface area contributed by atoms with E-state index in [-0.39, 0.29) is 0 Å². The van der Waals surface area contributed by atoms with Crippen molar-refractivity contribution < 1.29 is 0 Å². The maximum Gasteiger partial charge on any atom is 0.106 e. The van der Waals surface area contributed by atoms with Gasteiger partial charge >= 0.3 is 0 Å². The van der Waals surface area contributed by atoms with Crippen molar-refractivity contribution in [2.45, 2.75) is 6.92 Å². The van der Waals surface area contributed by atoms with Gasteiger partial charge in [0.25, 0.3) is 0 Å². The molecule has 0 aliphatic rings. The van der Waals surface area contributed by atoms with Crippen molar-refractivity contribution in [2.75, 3.05) is 11.5 Å². The van der Waals surface area contributed by atoms with Crippen LogP contribution in [0.2, 0.25) is 0 Å². The number of nitrogens with zero attached hydrogens (tertiary/aromatic N) is 1. The van der Waals surface area contributed by atoms with Crippen LogP contribution in [0.3, 0.4) is 0 Å². The van der Waals surface area contributed by atoms with E-state index in [2.05, 4.69) is 0 Å². The van der Waals surface area contributed by atoms with E-state index in [0.717, 1.165) is 5.56 Å². The van der Waals surface area contributed by atoms with Crippen LogP contribution in [-0.2, 0) is 0 Å². The molecule has 0 bridgehead atoms. The van der Waals surface area contributed by atoms with Crippen molar-refractivity contribution in [1.82, 2.24) is 0 Å². The predicted octanol–water partition coefficient (Wildman–Crippen LogP) is 1.09. The van der Waals surface area contributed by atoms with Crippen LogP contribution in [-0.4, -0.2) is 0 Å². The van der Waals surface area contributed by atoms with Crippen molar-refractivity contribution >= 4 is 21.3 Å². The summed E-state index contributed by atoms with van der Waals surface area (Å²) in [4.78, 5) is 0. The second-order valence-corrected chi connectivity index (χ2v) is 3.03. The van der Waals surface area contributed by atoms with Gasteiger partial charge in [-0.25, -0.2) is 0 Å². The molecule has 1 heterocycles. The number of anilines is 2. The number of hydrogen-bond donors (Lipinski definition) is 2. The van der Waals surface area contributed by atoms with Crippen molar-refractivity contribution in [3.05, 3.63) is 11.1 Å². The Labute approximate surface area is 62.9 Å². The van der Waals surface area contributed by atoms with Crippen molar-refractivity contribution in [3.8, 4) is 6.07 Å². The van der Waals surface area contributed by atoms with Crippen LogP contribution in [0, 0.1) is 18.3 Å². The largest absolute Gasteiger partial charge is 0.390 e. The van der Waals surface area contributed by atoms with Crippen molar-refractivity contribution in [3.63, 3.8) is 0 Å². The number of rotatable bonds is 0. The smallest absolute Gasteiger partial charge is 0.106 e. The molecule has 0 saturated carbocycles. The summed E-state index contributed by atoms with van der Waals surface area (Å²) in [5, 5.41) is 9.68. The van der Waals surface area contributed by atoms with Gasteiger partial charge in [0.15, 0.2) is 0 Å². The maximum atomic E-state index is 8.53. The number of nitriles is 1. The Morgan fingerprint density at radius 3 is 2.20 bits per heavy atom. The Hall–Kier alpha value is -1.21. The summed E-state index contributed by atoms with van der Waals surface area (Å²) < 4.78 is 0. The molecule has 0 unspecified atom stereocenters. The Kier molecular flexibility index (Phi) is 1.52. The highest BCUT2D eigenvalue weighted by Crippen LogP contribution is 2.31. The fraction of sp³-hybridized carbons (Fsp3) is 0.167. The Morgan fingerprint density at radius 1 is 1.40 bits per heavy atom. The first-order valence-electron chi connectivity index (χ1n) is 2.71. The lowest BCUT2D eigenvalue weighted by Crippen LogP contribution is -1.85. The molecule has 52 valence electrons. The van der Waals surface area contributed by atoms with Crippen molar-refractivity contribution in [1.29, 1.82) is 5.26 Å². The summed E-state index contributed by atoms with van der Waals surface area (Å²) in [5.74, 6) is 0. The van der Waals surface area contributed by atoms with Gasteiger partial charge in [-0.1, -0.05) is 0 Å². The van der Waals surface area contributed by atoms with Gasteiger partial charge in [0.05, 0.1) is 10.6 Å². The third-order valence-electron chi connectivity index (χ3n) is 1.32. The molecule has 0 atom stereocenters. The van der Waals surface area contributed by atoms with Gasteiger partial charge in [0.1, 0.15) is 11.1 Å². The number of hydrogen-bond acceptors (Lipinski definition) is 4. The lowest BCUT2D eigenvalue weighted by atomic mass is 10.2. The monoisotopic (exact) mass is 153 g/mol. The SMILES string of the molecule is Cc1c(N)sc(N)c1C#N. The molecular weight excluding hydrogens is 146 g/mol. The molecule has 1 aromatic heterocycles. The third kappa shape index (κ3) is 0.807. The third-order valence-corrected chi connectivity index (χ3v) is 2.27. The van der Waals surface area contributed by atoms with Crippen LogP contribution in [0.25, 0.3) is 0 Å². The summed E-state index contributed by atoms with van der Waals surface area (Å²) in [5.41, 5.74) is 12.3. The zero-order valence-electron chi connectivity index (χ0n) is 5.51. The van der Waals surface area contributed by atoms with Crippen LogP contribution < -0.4 is 11.5 Å². The van der Waals surface area contributed by atoms with Gasteiger partial charge in [0, 0.05) is 5.56 Å². The molecule has 0 aliphatic heterocycles. The molecule has 0 radical (unpaired) electrons. The molecule has 0 saturated heterocycles. The van der Waals surface area contributed by atoms with E-state index < -0.39 is 0 Å². The molecule has 0 aliphatic carbocycles. The standard InChI is InChI=1S/C6H7N3S/c1-3-4(2-7)6(9)10-5(3)8/h8-9H2,1H3. The van der Waals surface area contributed by atoms with E-state index in [0.29, 0.717) is 15.6 Å². The predicted molar refractivity (Wildman–Crippen MR) is 42.6 cm³/mol. The molecule has 10 heavy (non-hydrogen) atoms. The fourth-order valence-electron chi connectivity index (χ4n) is 0.693.